The van der Waals surface area contributed by atoms with E-state index in [4.69, 9.17) is 0 Å². The highest BCUT2D eigenvalue weighted by Crippen LogP contribution is 1.98. The Kier molecular flexibility index (Phi) is 3.49. The van der Waals surface area contributed by atoms with E-state index in [2.05, 4.69) is 15.3 Å². The summed E-state index contributed by atoms with van der Waals surface area (Å²) in [4.78, 5) is 18.0. The summed E-state index contributed by atoms with van der Waals surface area (Å²) >= 11 is 0. The molecule has 0 bridgehead atoms. The molecule has 0 spiro atoms. The van der Waals surface area contributed by atoms with Gasteiger partial charge in [0.1, 0.15) is 0 Å². The second-order valence-corrected chi connectivity index (χ2v) is 3.45. The van der Waals surface area contributed by atoms with Crippen molar-refractivity contribution in [2.45, 2.75) is 26.8 Å². The topological polar surface area (TPSA) is 57.8 Å². The van der Waals surface area contributed by atoms with Gasteiger partial charge in [-0.25, -0.2) is 4.98 Å². The van der Waals surface area contributed by atoms with Crippen LogP contribution in [0, 0.1) is 5.92 Å². The average molecular weight is 181 g/mol. The molecular weight excluding hydrogens is 166 g/mol. The normalized spacial score (nSPS) is 10.4. The van der Waals surface area contributed by atoms with E-state index in [1.807, 2.05) is 13.8 Å². The second kappa shape index (κ2) is 4.64. The lowest BCUT2D eigenvalue weighted by molar-refractivity contribution is -0.121. The number of aromatic nitrogens is 2. The Bertz CT molecular complexity index is 254. The average Bonchev–Trinajstić information content (AvgIpc) is 2.51. The number of H-pyrrole nitrogens is 1. The zero-order chi connectivity index (χ0) is 9.68. The van der Waals surface area contributed by atoms with Crippen molar-refractivity contribution in [3.63, 3.8) is 0 Å². The van der Waals surface area contributed by atoms with Crippen molar-refractivity contribution in [1.82, 2.24) is 15.3 Å². The van der Waals surface area contributed by atoms with Crippen molar-refractivity contribution in [3.05, 3.63) is 18.2 Å². The third kappa shape index (κ3) is 3.73. The fourth-order valence-electron chi connectivity index (χ4n) is 1.02. The first kappa shape index (κ1) is 9.77. The van der Waals surface area contributed by atoms with Gasteiger partial charge in [-0.15, -0.1) is 0 Å². The lowest BCUT2D eigenvalue weighted by atomic mass is 10.1. The molecule has 1 aromatic heterocycles. The molecule has 0 atom stereocenters. The zero-order valence-corrected chi connectivity index (χ0v) is 8.00. The largest absolute Gasteiger partial charge is 0.350 e. The molecule has 13 heavy (non-hydrogen) atoms. The van der Waals surface area contributed by atoms with Gasteiger partial charge in [0.25, 0.3) is 0 Å². The van der Waals surface area contributed by atoms with Crippen molar-refractivity contribution in [2.24, 2.45) is 5.92 Å². The number of carbonyl (C=O) groups is 1. The maximum Gasteiger partial charge on any atom is 0.220 e. The van der Waals surface area contributed by atoms with E-state index < -0.39 is 0 Å². The number of hydrogen-bond donors (Lipinski definition) is 2. The Morgan fingerprint density at radius 1 is 1.69 bits per heavy atom. The molecule has 0 aliphatic carbocycles. The van der Waals surface area contributed by atoms with Gasteiger partial charge in [0.15, 0.2) is 0 Å². The van der Waals surface area contributed by atoms with Gasteiger partial charge in [-0.05, 0) is 5.92 Å². The molecule has 0 fully saturated rings. The van der Waals surface area contributed by atoms with Crippen LogP contribution in [0.2, 0.25) is 0 Å². The van der Waals surface area contributed by atoms with Crippen molar-refractivity contribution >= 4 is 5.91 Å². The predicted octanol–water partition coefficient (Wildman–Crippen LogP) is 1.07. The highest BCUT2D eigenvalue weighted by molar-refractivity contribution is 5.75. The number of amides is 1. The molecule has 0 aliphatic heterocycles. The Morgan fingerprint density at radius 3 is 3.00 bits per heavy atom. The summed E-state index contributed by atoms with van der Waals surface area (Å²) in [5.74, 6) is 0.492. The predicted molar refractivity (Wildman–Crippen MR) is 49.9 cm³/mol. The maximum atomic E-state index is 11.2. The fraction of sp³-hybridized carbons (Fsp3) is 0.556. The molecule has 0 saturated heterocycles. The minimum Gasteiger partial charge on any atom is -0.350 e. The minimum atomic E-state index is 0.0876. The summed E-state index contributed by atoms with van der Waals surface area (Å²) in [6.45, 7) is 4.58. The summed E-state index contributed by atoms with van der Waals surface area (Å²) in [7, 11) is 0. The summed E-state index contributed by atoms with van der Waals surface area (Å²) in [6.07, 6.45) is 3.88. The van der Waals surface area contributed by atoms with E-state index in [1.165, 1.54) is 0 Å². The van der Waals surface area contributed by atoms with Crippen LogP contribution in [0.5, 0.6) is 0 Å². The van der Waals surface area contributed by atoms with Gasteiger partial charge < -0.3 is 10.3 Å². The lowest BCUT2D eigenvalue weighted by Crippen LogP contribution is -2.23. The molecule has 1 aromatic rings. The van der Waals surface area contributed by atoms with Crippen LogP contribution in [-0.2, 0) is 11.3 Å². The van der Waals surface area contributed by atoms with Crippen LogP contribution in [0.15, 0.2) is 12.5 Å². The monoisotopic (exact) mass is 181 g/mol. The molecule has 0 aliphatic rings. The van der Waals surface area contributed by atoms with Crippen LogP contribution in [-0.4, -0.2) is 15.9 Å². The summed E-state index contributed by atoms with van der Waals surface area (Å²) < 4.78 is 0. The third-order valence-electron chi connectivity index (χ3n) is 1.62. The zero-order valence-electron chi connectivity index (χ0n) is 8.00. The van der Waals surface area contributed by atoms with E-state index in [-0.39, 0.29) is 5.91 Å². The molecule has 0 aromatic carbocycles. The van der Waals surface area contributed by atoms with Gasteiger partial charge in [-0.2, -0.15) is 0 Å². The molecule has 0 radical (unpaired) electrons. The molecular formula is C9H15N3O. The summed E-state index contributed by atoms with van der Waals surface area (Å²) in [5.41, 5.74) is 0.928. The van der Waals surface area contributed by atoms with E-state index in [0.717, 1.165) is 5.69 Å². The van der Waals surface area contributed by atoms with Gasteiger partial charge in [0.2, 0.25) is 5.91 Å². The van der Waals surface area contributed by atoms with Gasteiger partial charge >= 0.3 is 0 Å². The number of aromatic amines is 1. The third-order valence-corrected chi connectivity index (χ3v) is 1.62. The first-order valence-electron chi connectivity index (χ1n) is 4.42. The van der Waals surface area contributed by atoms with Crippen LogP contribution in [0.25, 0.3) is 0 Å². The van der Waals surface area contributed by atoms with Gasteiger partial charge in [0, 0.05) is 12.6 Å². The van der Waals surface area contributed by atoms with Crippen LogP contribution in [0.1, 0.15) is 26.0 Å². The molecule has 72 valence electrons. The highest BCUT2D eigenvalue weighted by Gasteiger charge is 2.03. The van der Waals surface area contributed by atoms with Crippen molar-refractivity contribution in [1.29, 1.82) is 0 Å². The SMILES string of the molecule is CC(C)CC(=O)NCc1cnc[nH]1. The Morgan fingerprint density at radius 2 is 2.46 bits per heavy atom. The highest BCUT2D eigenvalue weighted by atomic mass is 16.1. The molecule has 1 rings (SSSR count). The van der Waals surface area contributed by atoms with Crippen molar-refractivity contribution in [2.75, 3.05) is 0 Å². The summed E-state index contributed by atoms with van der Waals surface area (Å²) in [5, 5.41) is 2.81. The van der Waals surface area contributed by atoms with Gasteiger partial charge in [-0.3, -0.25) is 4.79 Å². The number of carbonyl (C=O) groups excluding carboxylic acids is 1. The number of hydrogen-bond acceptors (Lipinski definition) is 2. The molecule has 4 heteroatoms. The maximum absolute atomic E-state index is 11.2. The first-order valence-corrected chi connectivity index (χ1v) is 4.42. The molecule has 1 heterocycles. The number of rotatable bonds is 4. The van der Waals surface area contributed by atoms with E-state index in [1.54, 1.807) is 12.5 Å². The lowest BCUT2D eigenvalue weighted by Gasteiger charge is -2.05. The van der Waals surface area contributed by atoms with Crippen LogP contribution >= 0.6 is 0 Å². The molecule has 2 N–H and O–H groups in total. The Labute approximate surface area is 77.8 Å². The molecule has 4 nitrogen and oxygen atoms in total. The first-order chi connectivity index (χ1) is 6.18. The number of nitrogens with zero attached hydrogens (tertiary/aromatic N) is 1. The van der Waals surface area contributed by atoms with Crippen molar-refractivity contribution in [3.8, 4) is 0 Å². The summed E-state index contributed by atoms with van der Waals surface area (Å²) in [6, 6.07) is 0. The molecule has 0 saturated carbocycles. The standard InChI is InChI=1S/C9H15N3O/c1-7(2)3-9(13)11-5-8-4-10-6-12-8/h4,6-7H,3,5H2,1-2H3,(H,10,12)(H,11,13). The van der Waals surface area contributed by atoms with E-state index in [0.29, 0.717) is 18.9 Å². The Hall–Kier alpha value is -1.32. The van der Waals surface area contributed by atoms with Gasteiger partial charge in [0.05, 0.1) is 18.6 Å². The quantitative estimate of drug-likeness (QED) is 0.730. The van der Waals surface area contributed by atoms with Crippen molar-refractivity contribution < 1.29 is 4.79 Å². The Balaban J connectivity index is 2.23. The number of nitrogens with one attached hydrogen (secondary N) is 2. The van der Waals surface area contributed by atoms with Crippen LogP contribution < -0.4 is 5.32 Å². The van der Waals surface area contributed by atoms with E-state index in [9.17, 15) is 4.79 Å². The molecule has 0 unspecified atom stereocenters. The fourth-order valence-corrected chi connectivity index (χ4v) is 1.02. The minimum absolute atomic E-state index is 0.0876. The van der Waals surface area contributed by atoms with Crippen LogP contribution in [0.4, 0.5) is 0 Å². The molecule has 1 amide bonds. The second-order valence-electron chi connectivity index (χ2n) is 3.45. The van der Waals surface area contributed by atoms with E-state index >= 15 is 0 Å². The van der Waals surface area contributed by atoms with Crippen LogP contribution in [0.3, 0.4) is 0 Å². The van der Waals surface area contributed by atoms with Gasteiger partial charge in [-0.1, -0.05) is 13.8 Å². The number of imidazole rings is 1. The smallest absolute Gasteiger partial charge is 0.220 e.